The standard InChI is InChI=1S/C39H25N3OS/c1-2-10-25(11-3-1)37-40-38(42-39(41-37)31-16-8-15-29-28-12-5-7-19-34(28)44-36(29)31)26-22-20-24(21-23-26)27-14-9-18-33-35(27)30-13-4-6-17-32(30)43-33/h1-23,33,35H. The van der Waals surface area contributed by atoms with Crippen LogP contribution < -0.4 is 4.74 Å². The maximum Gasteiger partial charge on any atom is 0.165 e. The van der Waals surface area contributed by atoms with Gasteiger partial charge in [0.15, 0.2) is 17.5 Å². The van der Waals surface area contributed by atoms with Crippen LogP contribution in [0, 0.1) is 0 Å². The van der Waals surface area contributed by atoms with Gasteiger partial charge in [0, 0.05) is 42.4 Å². The van der Waals surface area contributed by atoms with Gasteiger partial charge in [-0.15, -0.1) is 11.3 Å². The summed E-state index contributed by atoms with van der Waals surface area (Å²) in [6.07, 6.45) is 6.48. The van der Waals surface area contributed by atoms with Gasteiger partial charge in [-0.1, -0.05) is 115 Å². The van der Waals surface area contributed by atoms with Crippen molar-refractivity contribution in [1.82, 2.24) is 15.0 Å². The molecule has 5 heteroatoms. The third-order valence-electron chi connectivity index (χ3n) is 8.55. The van der Waals surface area contributed by atoms with Crippen LogP contribution >= 0.6 is 11.3 Å². The lowest BCUT2D eigenvalue weighted by Gasteiger charge is -2.23. The Morgan fingerprint density at radius 3 is 2.11 bits per heavy atom. The zero-order chi connectivity index (χ0) is 29.0. The van der Waals surface area contributed by atoms with Crippen molar-refractivity contribution >= 4 is 37.1 Å². The fraction of sp³-hybridized carbons (Fsp3) is 0.0513. The predicted octanol–water partition coefficient (Wildman–Crippen LogP) is 9.74. The smallest absolute Gasteiger partial charge is 0.165 e. The number of thiophene rings is 1. The minimum atomic E-state index is 0.0169. The molecule has 0 radical (unpaired) electrons. The van der Waals surface area contributed by atoms with Gasteiger partial charge in [-0.05, 0) is 35.4 Å². The van der Waals surface area contributed by atoms with Crippen molar-refractivity contribution in [3.8, 4) is 39.9 Å². The number of allylic oxidation sites excluding steroid dienone is 2. The number of hydrogen-bond donors (Lipinski definition) is 0. The highest BCUT2D eigenvalue weighted by Crippen LogP contribution is 2.48. The summed E-state index contributed by atoms with van der Waals surface area (Å²) in [7, 11) is 0. The summed E-state index contributed by atoms with van der Waals surface area (Å²) in [6, 6.07) is 42.1. The van der Waals surface area contributed by atoms with E-state index < -0.39 is 0 Å². The number of ether oxygens (including phenoxy) is 1. The lowest BCUT2D eigenvalue weighted by molar-refractivity contribution is 0.271. The molecule has 44 heavy (non-hydrogen) atoms. The van der Waals surface area contributed by atoms with Crippen LogP contribution in [0.15, 0.2) is 140 Å². The second kappa shape index (κ2) is 10.1. The molecule has 2 aliphatic rings. The number of para-hydroxylation sites is 1. The van der Waals surface area contributed by atoms with Gasteiger partial charge in [0.25, 0.3) is 0 Å². The minimum Gasteiger partial charge on any atom is -0.485 e. The fourth-order valence-electron chi connectivity index (χ4n) is 6.46. The summed E-state index contributed by atoms with van der Waals surface area (Å²) < 4.78 is 8.71. The SMILES string of the molecule is C1=CC2Oc3ccccc3C2C(c2ccc(-c3nc(-c4ccccc4)nc(-c4cccc5c4sc4ccccc45)n3)cc2)=C1. The van der Waals surface area contributed by atoms with Crippen LogP contribution in [-0.4, -0.2) is 21.1 Å². The summed E-state index contributed by atoms with van der Waals surface area (Å²) in [5, 5.41) is 2.48. The van der Waals surface area contributed by atoms with Crippen LogP contribution in [0.25, 0.3) is 59.9 Å². The topological polar surface area (TPSA) is 47.9 Å². The van der Waals surface area contributed by atoms with E-state index in [0.717, 1.165) is 22.4 Å². The number of rotatable bonds is 4. The molecule has 0 saturated heterocycles. The molecule has 0 fully saturated rings. The molecule has 7 aromatic rings. The Morgan fingerprint density at radius 2 is 1.25 bits per heavy atom. The predicted molar refractivity (Wildman–Crippen MR) is 180 cm³/mol. The highest BCUT2D eigenvalue weighted by molar-refractivity contribution is 7.26. The van der Waals surface area contributed by atoms with Crippen LogP contribution in [0.4, 0.5) is 0 Å². The number of hydrogen-bond acceptors (Lipinski definition) is 5. The highest BCUT2D eigenvalue weighted by Gasteiger charge is 2.36. The van der Waals surface area contributed by atoms with Gasteiger partial charge in [-0.3, -0.25) is 0 Å². The molecule has 0 N–H and O–H groups in total. The summed E-state index contributed by atoms with van der Waals surface area (Å²) in [4.78, 5) is 15.1. The lowest BCUT2D eigenvalue weighted by atomic mass is 9.81. The van der Waals surface area contributed by atoms with E-state index in [9.17, 15) is 0 Å². The molecule has 0 saturated carbocycles. The molecule has 1 aliphatic carbocycles. The second-order valence-electron chi connectivity index (χ2n) is 11.1. The Morgan fingerprint density at radius 1 is 0.568 bits per heavy atom. The summed E-state index contributed by atoms with van der Waals surface area (Å²) >= 11 is 1.78. The van der Waals surface area contributed by atoms with Crippen LogP contribution in [0.1, 0.15) is 17.0 Å². The monoisotopic (exact) mass is 583 g/mol. The molecule has 0 bridgehead atoms. The second-order valence-corrected chi connectivity index (χ2v) is 12.2. The molecule has 2 aromatic heterocycles. The molecule has 208 valence electrons. The Balaban J connectivity index is 1.16. The van der Waals surface area contributed by atoms with Crippen molar-refractivity contribution in [1.29, 1.82) is 0 Å². The normalized spacial score (nSPS) is 16.9. The van der Waals surface area contributed by atoms with Gasteiger partial charge in [0.1, 0.15) is 11.9 Å². The molecule has 1 aliphatic heterocycles. The van der Waals surface area contributed by atoms with Crippen molar-refractivity contribution in [3.63, 3.8) is 0 Å². The molecular formula is C39H25N3OS. The molecule has 0 amide bonds. The first-order chi connectivity index (χ1) is 21.8. The van der Waals surface area contributed by atoms with E-state index in [1.54, 1.807) is 11.3 Å². The van der Waals surface area contributed by atoms with E-state index in [4.69, 9.17) is 19.7 Å². The third kappa shape index (κ3) is 4.08. The van der Waals surface area contributed by atoms with Crippen molar-refractivity contribution in [2.45, 2.75) is 12.0 Å². The van der Waals surface area contributed by atoms with Crippen LogP contribution in [0.3, 0.4) is 0 Å². The third-order valence-corrected chi connectivity index (χ3v) is 9.77. The molecular weight excluding hydrogens is 559 g/mol. The van der Waals surface area contributed by atoms with Crippen molar-refractivity contribution < 1.29 is 4.74 Å². The molecule has 2 atom stereocenters. The van der Waals surface area contributed by atoms with Crippen LogP contribution in [0.5, 0.6) is 5.75 Å². The Labute approximate surface area is 258 Å². The Hall–Kier alpha value is -5.39. The fourth-order valence-corrected chi connectivity index (χ4v) is 7.67. The van der Waals surface area contributed by atoms with Crippen LogP contribution in [-0.2, 0) is 0 Å². The van der Waals surface area contributed by atoms with Gasteiger partial charge < -0.3 is 4.74 Å². The van der Waals surface area contributed by atoms with Gasteiger partial charge in [-0.2, -0.15) is 0 Å². The maximum atomic E-state index is 6.26. The van der Waals surface area contributed by atoms with Crippen molar-refractivity contribution in [2.75, 3.05) is 0 Å². The minimum absolute atomic E-state index is 0.0169. The first kappa shape index (κ1) is 25.1. The Kier molecular flexibility index (Phi) is 5.78. The largest absolute Gasteiger partial charge is 0.485 e. The van der Waals surface area contributed by atoms with Crippen molar-refractivity contribution in [2.24, 2.45) is 0 Å². The average Bonchev–Trinajstić information content (AvgIpc) is 3.67. The first-order valence-electron chi connectivity index (χ1n) is 14.8. The lowest BCUT2D eigenvalue weighted by Crippen LogP contribution is -2.19. The summed E-state index contributed by atoms with van der Waals surface area (Å²) in [5.74, 6) is 3.14. The van der Waals surface area contributed by atoms with Gasteiger partial charge >= 0.3 is 0 Å². The highest BCUT2D eigenvalue weighted by atomic mass is 32.1. The summed E-state index contributed by atoms with van der Waals surface area (Å²) in [6.45, 7) is 0. The molecule has 4 nitrogen and oxygen atoms in total. The van der Waals surface area contributed by atoms with E-state index in [0.29, 0.717) is 17.5 Å². The molecule has 5 aromatic carbocycles. The van der Waals surface area contributed by atoms with Gasteiger partial charge in [0.2, 0.25) is 0 Å². The average molecular weight is 584 g/mol. The molecule has 3 heterocycles. The number of nitrogens with zero attached hydrogens (tertiary/aromatic N) is 3. The van der Waals surface area contributed by atoms with E-state index >= 15 is 0 Å². The van der Waals surface area contributed by atoms with Gasteiger partial charge in [0.05, 0.1) is 5.92 Å². The molecule has 0 spiro atoms. The van der Waals surface area contributed by atoms with E-state index in [-0.39, 0.29) is 12.0 Å². The molecule has 9 rings (SSSR count). The quantitative estimate of drug-likeness (QED) is 0.207. The van der Waals surface area contributed by atoms with E-state index in [2.05, 4.69) is 103 Å². The number of benzene rings is 5. The zero-order valence-corrected chi connectivity index (χ0v) is 24.4. The van der Waals surface area contributed by atoms with Gasteiger partial charge in [-0.25, -0.2) is 15.0 Å². The molecule has 2 unspecified atom stereocenters. The summed E-state index contributed by atoms with van der Waals surface area (Å²) in [5.41, 5.74) is 6.59. The van der Waals surface area contributed by atoms with E-state index in [1.807, 2.05) is 36.4 Å². The van der Waals surface area contributed by atoms with Crippen LogP contribution in [0.2, 0.25) is 0 Å². The Bertz CT molecular complexity index is 2270. The number of fused-ring (bicyclic) bond motifs is 6. The first-order valence-corrected chi connectivity index (χ1v) is 15.6. The number of aromatic nitrogens is 3. The zero-order valence-electron chi connectivity index (χ0n) is 23.6. The maximum absolute atomic E-state index is 6.26. The van der Waals surface area contributed by atoms with Crippen molar-refractivity contribution in [3.05, 3.63) is 151 Å². The van der Waals surface area contributed by atoms with E-state index in [1.165, 1.54) is 36.9 Å².